The van der Waals surface area contributed by atoms with Gasteiger partial charge in [0.25, 0.3) is 0 Å². The van der Waals surface area contributed by atoms with Crippen LogP contribution in [0.2, 0.25) is 0 Å². The predicted molar refractivity (Wildman–Crippen MR) is 48.2 cm³/mol. The minimum absolute atomic E-state index is 0.167. The zero-order valence-electron chi connectivity index (χ0n) is 7.76. The second kappa shape index (κ2) is 3.00. The molecule has 1 aliphatic rings. The highest BCUT2D eigenvalue weighted by Gasteiger charge is 2.42. The molecule has 1 unspecified atom stereocenters. The number of aryl methyl sites for hydroxylation is 1. The summed E-state index contributed by atoms with van der Waals surface area (Å²) in [6, 6.07) is 1.90. The van der Waals surface area contributed by atoms with Gasteiger partial charge in [-0.3, -0.25) is 0 Å². The van der Waals surface area contributed by atoms with E-state index in [1.165, 1.54) is 0 Å². The monoisotopic (exact) mass is 213 g/mol. The number of nitrogens with two attached hydrogens (primary N) is 1. The van der Waals surface area contributed by atoms with Crippen LogP contribution in [0.1, 0.15) is 17.5 Å². The number of halogens is 2. The molecule has 0 fully saturated rings. The van der Waals surface area contributed by atoms with Crippen LogP contribution < -0.4 is 5.73 Å². The van der Waals surface area contributed by atoms with E-state index >= 15 is 0 Å². The van der Waals surface area contributed by atoms with E-state index in [0.29, 0.717) is 12.0 Å². The summed E-state index contributed by atoms with van der Waals surface area (Å²) in [5.41, 5.74) is 4.71. The Morgan fingerprint density at radius 1 is 1.40 bits per heavy atom. The van der Waals surface area contributed by atoms with Crippen molar-refractivity contribution in [3.8, 4) is 0 Å². The van der Waals surface area contributed by atoms with E-state index in [-0.39, 0.29) is 12.0 Å². The molecule has 0 aliphatic heterocycles. The van der Waals surface area contributed by atoms with Crippen molar-refractivity contribution in [1.29, 1.82) is 0 Å². The zero-order valence-corrected chi connectivity index (χ0v) is 7.76. The normalized spacial score (nSPS) is 23.9. The van der Waals surface area contributed by atoms with Gasteiger partial charge in [-0.15, -0.1) is 0 Å². The number of carboxylic acids is 1. The maximum Gasteiger partial charge on any atom is 0.328 e. The lowest BCUT2D eigenvalue weighted by Gasteiger charge is -2.19. The summed E-state index contributed by atoms with van der Waals surface area (Å²) < 4.78 is 25.8. The van der Waals surface area contributed by atoms with E-state index in [4.69, 9.17) is 10.8 Å². The maximum absolute atomic E-state index is 13.0. The zero-order chi connectivity index (χ0) is 11.2. The van der Waals surface area contributed by atoms with Crippen molar-refractivity contribution in [2.45, 2.75) is 18.4 Å². The van der Waals surface area contributed by atoms with Crippen LogP contribution in [0.3, 0.4) is 0 Å². The molecule has 0 bridgehead atoms. The van der Waals surface area contributed by atoms with Gasteiger partial charge in [-0.2, -0.15) is 0 Å². The maximum atomic E-state index is 13.0. The quantitative estimate of drug-likeness (QED) is 0.735. The first-order chi connectivity index (χ1) is 6.95. The SMILES string of the molecule is NC1(C(=O)O)CCc2cc(F)c(F)cc21. The van der Waals surface area contributed by atoms with Crippen LogP contribution in [0, 0.1) is 11.6 Å². The smallest absolute Gasteiger partial charge is 0.328 e. The Hall–Kier alpha value is -1.49. The van der Waals surface area contributed by atoms with E-state index < -0.39 is 23.1 Å². The molecule has 2 rings (SSSR count). The number of fused-ring (bicyclic) bond motifs is 1. The summed E-state index contributed by atoms with van der Waals surface area (Å²) in [4.78, 5) is 10.9. The Morgan fingerprint density at radius 2 is 2.00 bits per heavy atom. The summed E-state index contributed by atoms with van der Waals surface area (Å²) in [6.45, 7) is 0. The van der Waals surface area contributed by atoms with E-state index in [2.05, 4.69) is 0 Å². The minimum Gasteiger partial charge on any atom is -0.480 e. The molecule has 0 aromatic heterocycles. The summed E-state index contributed by atoms with van der Waals surface area (Å²) in [5.74, 6) is -3.25. The molecule has 0 amide bonds. The van der Waals surface area contributed by atoms with E-state index in [1.807, 2.05) is 0 Å². The van der Waals surface area contributed by atoms with Gasteiger partial charge < -0.3 is 10.8 Å². The van der Waals surface area contributed by atoms with Crippen LogP contribution in [0.4, 0.5) is 8.78 Å². The van der Waals surface area contributed by atoms with E-state index in [0.717, 1.165) is 12.1 Å². The van der Waals surface area contributed by atoms with Gasteiger partial charge >= 0.3 is 5.97 Å². The molecule has 1 aliphatic carbocycles. The molecule has 1 aromatic carbocycles. The highest BCUT2D eigenvalue weighted by Crippen LogP contribution is 2.36. The Kier molecular flexibility index (Phi) is 2.01. The number of aliphatic carboxylic acids is 1. The van der Waals surface area contributed by atoms with Crippen LogP contribution in [-0.4, -0.2) is 11.1 Å². The topological polar surface area (TPSA) is 63.3 Å². The largest absolute Gasteiger partial charge is 0.480 e. The van der Waals surface area contributed by atoms with Gasteiger partial charge in [0.2, 0.25) is 0 Å². The van der Waals surface area contributed by atoms with Crippen LogP contribution in [0.5, 0.6) is 0 Å². The highest BCUT2D eigenvalue weighted by atomic mass is 19.2. The number of hydrogen-bond donors (Lipinski definition) is 2. The molecule has 0 spiro atoms. The van der Waals surface area contributed by atoms with Crippen molar-refractivity contribution >= 4 is 5.97 Å². The average molecular weight is 213 g/mol. The fourth-order valence-corrected chi connectivity index (χ4v) is 1.90. The van der Waals surface area contributed by atoms with Gasteiger partial charge in [0.15, 0.2) is 11.6 Å². The molecule has 80 valence electrons. The van der Waals surface area contributed by atoms with Crippen molar-refractivity contribution < 1.29 is 18.7 Å². The Bertz CT molecular complexity index is 447. The molecule has 1 atom stereocenters. The summed E-state index contributed by atoms with van der Waals surface area (Å²) >= 11 is 0. The third-order valence-corrected chi connectivity index (χ3v) is 2.80. The van der Waals surface area contributed by atoms with Crippen molar-refractivity contribution in [3.63, 3.8) is 0 Å². The third-order valence-electron chi connectivity index (χ3n) is 2.80. The number of carbonyl (C=O) groups is 1. The lowest BCUT2D eigenvalue weighted by Crippen LogP contribution is -2.42. The fourth-order valence-electron chi connectivity index (χ4n) is 1.90. The summed E-state index contributed by atoms with van der Waals surface area (Å²) in [5, 5.41) is 8.94. The lowest BCUT2D eigenvalue weighted by molar-refractivity contribution is -0.143. The second-order valence-corrected chi connectivity index (χ2v) is 3.70. The molecule has 0 radical (unpaired) electrons. The molecule has 1 aromatic rings. The molecule has 0 heterocycles. The summed E-state index contributed by atoms with van der Waals surface area (Å²) in [7, 11) is 0. The van der Waals surface area contributed by atoms with Crippen LogP contribution in [-0.2, 0) is 16.8 Å². The van der Waals surface area contributed by atoms with Gasteiger partial charge in [-0.25, -0.2) is 13.6 Å². The number of hydrogen-bond acceptors (Lipinski definition) is 2. The number of rotatable bonds is 1. The molecule has 0 saturated heterocycles. The van der Waals surface area contributed by atoms with Gasteiger partial charge in [-0.05, 0) is 36.1 Å². The second-order valence-electron chi connectivity index (χ2n) is 3.70. The Labute approximate surface area is 84.5 Å². The van der Waals surface area contributed by atoms with Crippen molar-refractivity contribution in [2.75, 3.05) is 0 Å². The van der Waals surface area contributed by atoms with Gasteiger partial charge in [-0.1, -0.05) is 0 Å². The lowest BCUT2D eigenvalue weighted by atomic mass is 9.93. The first-order valence-corrected chi connectivity index (χ1v) is 4.46. The third kappa shape index (κ3) is 1.31. The Morgan fingerprint density at radius 3 is 2.60 bits per heavy atom. The molecule has 0 saturated carbocycles. The number of carboxylic acid groups (broad SMARTS) is 1. The molecule has 5 heteroatoms. The number of benzene rings is 1. The average Bonchev–Trinajstić information content (AvgIpc) is 2.47. The van der Waals surface area contributed by atoms with Gasteiger partial charge in [0, 0.05) is 0 Å². The van der Waals surface area contributed by atoms with Crippen LogP contribution in [0.25, 0.3) is 0 Å². The Balaban J connectivity index is 2.61. The molecule has 3 N–H and O–H groups in total. The highest BCUT2D eigenvalue weighted by molar-refractivity contribution is 5.82. The van der Waals surface area contributed by atoms with Gasteiger partial charge in [0.1, 0.15) is 5.54 Å². The molecule has 3 nitrogen and oxygen atoms in total. The standard InChI is InChI=1S/C10H9F2NO2/c11-7-3-5-1-2-10(13,9(14)15)6(5)4-8(7)12/h3-4H,1-2,13H2,(H,14,15). The van der Waals surface area contributed by atoms with Crippen LogP contribution >= 0.6 is 0 Å². The summed E-state index contributed by atoms with van der Waals surface area (Å²) in [6.07, 6.45) is 0.524. The molecule has 15 heavy (non-hydrogen) atoms. The van der Waals surface area contributed by atoms with E-state index in [9.17, 15) is 13.6 Å². The first kappa shape index (κ1) is 10.0. The fraction of sp³-hybridized carbons (Fsp3) is 0.300. The van der Waals surface area contributed by atoms with Crippen molar-refractivity contribution in [3.05, 3.63) is 34.9 Å². The minimum atomic E-state index is -1.58. The van der Waals surface area contributed by atoms with E-state index in [1.54, 1.807) is 0 Å². The van der Waals surface area contributed by atoms with Crippen molar-refractivity contribution in [2.24, 2.45) is 5.73 Å². The first-order valence-electron chi connectivity index (χ1n) is 4.46. The molecular weight excluding hydrogens is 204 g/mol. The molecular formula is C10H9F2NO2. The van der Waals surface area contributed by atoms with Crippen molar-refractivity contribution in [1.82, 2.24) is 0 Å². The van der Waals surface area contributed by atoms with Crippen LogP contribution in [0.15, 0.2) is 12.1 Å². The van der Waals surface area contributed by atoms with Gasteiger partial charge in [0.05, 0.1) is 0 Å². The predicted octanol–water partition coefficient (Wildman–Crippen LogP) is 1.15.